The molecule has 0 aliphatic heterocycles. The first-order chi connectivity index (χ1) is 7.17. The van der Waals surface area contributed by atoms with Crippen LogP contribution in [0.25, 0.3) is 0 Å². The van der Waals surface area contributed by atoms with Crippen LogP contribution in [-0.2, 0) is 20.4 Å². The van der Waals surface area contributed by atoms with Crippen LogP contribution in [-0.4, -0.2) is 24.2 Å². The molecule has 0 aliphatic rings. The van der Waals surface area contributed by atoms with E-state index in [0.717, 1.165) is 11.3 Å². The Morgan fingerprint density at radius 3 is 2.44 bits per heavy atom. The van der Waals surface area contributed by atoms with Crippen LogP contribution in [0.15, 0.2) is 12.1 Å². The first-order valence-corrected chi connectivity index (χ1v) is 7.21. The van der Waals surface area contributed by atoms with Crippen molar-refractivity contribution in [1.82, 2.24) is 0 Å². The molecule has 90 valence electrons. The standard InChI is InChI=1S/C9H11ClO4S2/c1-9(2,8(11)12)16(13,14)5-6-3-4-7(10)15-6/h3-4H,5H2,1-2H3,(H,11,12). The zero-order chi connectivity index (χ0) is 12.6. The molecule has 7 heteroatoms. The lowest BCUT2D eigenvalue weighted by atomic mass is 10.2. The van der Waals surface area contributed by atoms with Crippen LogP contribution in [0.1, 0.15) is 18.7 Å². The van der Waals surface area contributed by atoms with Crippen molar-refractivity contribution in [3.63, 3.8) is 0 Å². The van der Waals surface area contributed by atoms with E-state index in [0.29, 0.717) is 9.21 Å². The minimum atomic E-state index is -3.75. The van der Waals surface area contributed by atoms with E-state index in [2.05, 4.69) is 0 Å². The average molecular weight is 283 g/mol. The van der Waals surface area contributed by atoms with Crippen molar-refractivity contribution in [2.45, 2.75) is 24.3 Å². The van der Waals surface area contributed by atoms with Crippen molar-refractivity contribution in [3.05, 3.63) is 21.3 Å². The molecule has 4 nitrogen and oxygen atoms in total. The van der Waals surface area contributed by atoms with Gasteiger partial charge in [0.05, 0.1) is 10.1 Å². The second-order valence-electron chi connectivity index (χ2n) is 3.78. The van der Waals surface area contributed by atoms with Gasteiger partial charge in [-0.2, -0.15) is 0 Å². The van der Waals surface area contributed by atoms with E-state index in [1.165, 1.54) is 13.8 Å². The molecule has 0 saturated heterocycles. The molecule has 1 rings (SSSR count). The number of carboxylic acids is 1. The lowest BCUT2D eigenvalue weighted by Gasteiger charge is -2.18. The summed E-state index contributed by atoms with van der Waals surface area (Å²) in [4.78, 5) is 11.4. The summed E-state index contributed by atoms with van der Waals surface area (Å²) in [6, 6.07) is 3.17. The second-order valence-corrected chi connectivity index (χ2v) is 8.12. The van der Waals surface area contributed by atoms with Crippen molar-refractivity contribution >= 4 is 38.7 Å². The van der Waals surface area contributed by atoms with Gasteiger partial charge in [0.25, 0.3) is 0 Å². The second kappa shape index (κ2) is 4.35. The monoisotopic (exact) mass is 282 g/mol. The Bertz CT molecular complexity index is 501. The lowest BCUT2D eigenvalue weighted by Crippen LogP contribution is -2.41. The van der Waals surface area contributed by atoms with Gasteiger partial charge in [-0.1, -0.05) is 11.6 Å². The van der Waals surface area contributed by atoms with E-state index in [9.17, 15) is 13.2 Å². The van der Waals surface area contributed by atoms with Gasteiger partial charge in [-0.25, -0.2) is 8.42 Å². The highest BCUT2D eigenvalue weighted by atomic mass is 35.5. The van der Waals surface area contributed by atoms with Crippen molar-refractivity contribution in [1.29, 1.82) is 0 Å². The van der Waals surface area contributed by atoms with Crippen molar-refractivity contribution in [2.24, 2.45) is 0 Å². The van der Waals surface area contributed by atoms with Crippen molar-refractivity contribution < 1.29 is 18.3 Å². The maximum Gasteiger partial charge on any atom is 0.324 e. The summed E-state index contributed by atoms with van der Waals surface area (Å²) < 4.78 is 22.4. The molecular weight excluding hydrogens is 272 g/mol. The molecule has 0 saturated carbocycles. The molecule has 0 radical (unpaired) electrons. The van der Waals surface area contributed by atoms with Gasteiger partial charge in [0, 0.05) is 4.88 Å². The number of aliphatic carboxylic acids is 1. The first-order valence-electron chi connectivity index (χ1n) is 4.37. The largest absolute Gasteiger partial charge is 0.480 e. The number of sulfone groups is 1. The van der Waals surface area contributed by atoms with Crippen LogP contribution >= 0.6 is 22.9 Å². The third-order valence-corrected chi connectivity index (χ3v) is 6.09. The Labute approximate surface area is 103 Å². The van der Waals surface area contributed by atoms with Crippen molar-refractivity contribution in [3.8, 4) is 0 Å². The normalized spacial score (nSPS) is 12.7. The van der Waals surface area contributed by atoms with Gasteiger partial charge in [-0.05, 0) is 26.0 Å². The van der Waals surface area contributed by atoms with Crippen molar-refractivity contribution in [2.75, 3.05) is 0 Å². The topological polar surface area (TPSA) is 71.4 Å². The number of halogens is 1. The fourth-order valence-electron chi connectivity index (χ4n) is 0.930. The number of thiophene rings is 1. The zero-order valence-electron chi connectivity index (χ0n) is 8.73. The minimum absolute atomic E-state index is 0.302. The summed E-state index contributed by atoms with van der Waals surface area (Å²) >= 11 is 6.81. The quantitative estimate of drug-likeness (QED) is 0.919. The lowest BCUT2D eigenvalue weighted by molar-refractivity contribution is -0.139. The Balaban J connectivity index is 3.01. The smallest absolute Gasteiger partial charge is 0.324 e. The van der Waals surface area contributed by atoms with Gasteiger partial charge in [0.15, 0.2) is 14.6 Å². The molecule has 1 N–H and O–H groups in total. The average Bonchev–Trinajstić information content (AvgIpc) is 2.49. The molecule has 0 bridgehead atoms. The van der Waals surface area contributed by atoms with Gasteiger partial charge in [-0.3, -0.25) is 4.79 Å². The van der Waals surface area contributed by atoms with Gasteiger partial charge >= 0.3 is 5.97 Å². The molecular formula is C9H11ClO4S2. The summed E-state index contributed by atoms with van der Waals surface area (Å²) in [6.45, 7) is 2.36. The number of carbonyl (C=O) groups is 1. The highest BCUT2D eigenvalue weighted by Crippen LogP contribution is 2.27. The Kier molecular flexibility index (Phi) is 3.66. The number of hydrogen-bond donors (Lipinski definition) is 1. The highest BCUT2D eigenvalue weighted by Gasteiger charge is 2.41. The molecule has 1 heterocycles. The van der Waals surface area contributed by atoms with Crippen LogP contribution in [0.4, 0.5) is 0 Å². The van der Waals surface area contributed by atoms with Crippen LogP contribution in [0, 0.1) is 0 Å². The molecule has 1 aromatic rings. The van der Waals surface area contributed by atoms with E-state index in [1.807, 2.05) is 0 Å². The van der Waals surface area contributed by atoms with E-state index < -0.39 is 20.6 Å². The molecule has 0 unspecified atom stereocenters. The molecule has 0 aromatic carbocycles. The van der Waals surface area contributed by atoms with Crippen LogP contribution < -0.4 is 0 Å². The Morgan fingerprint density at radius 2 is 2.06 bits per heavy atom. The maximum absolute atomic E-state index is 11.9. The highest BCUT2D eigenvalue weighted by molar-refractivity contribution is 7.92. The molecule has 0 amide bonds. The van der Waals surface area contributed by atoms with Gasteiger partial charge in [0.1, 0.15) is 0 Å². The summed E-state index contributed by atoms with van der Waals surface area (Å²) in [5, 5.41) is 8.86. The SMILES string of the molecule is CC(C)(C(=O)O)S(=O)(=O)Cc1ccc(Cl)s1. The molecule has 0 spiro atoms. The van der Waals surface area contributed by atoms with Crippen LogP contribution in [0.2, 0.25) is 4.34 Å². The Hall–Kier alpha value is -0.590. The van der Waals surface area contributed by atoms with E-state index in [4.69, 9.17) is 16.7 Å². The predicted molar refractivity (Wildman–Crippen MR) is 63.7 cm³/mol. The van der Waals surface area contributed by atoms with Gasteiger partial charge < -0.3 is 5.11 Å². The zero-order valence-corrected chi connectivity index (χ0v) is 11.1. The van der Waals surface area contributed by atoms with Crippen LogP contribution in [0.5, 0.6) is 0 Å². The van der Waals surface area contributed by atoms with Crippen LogP contribution in [0.3, 0.4) is 0 Å². The van der Waals surface area contributed by atoms with Gasteiger partial charge in [0.2, 0.25) is 0 Å². The van der Waals surface area contributed by atoms with E-state index in [1.54, 1.807) is 12.1 Å². The summed E-state index contributed by atoms with van der Waals surface area (Å²) in [6.07, 6.45) is 0. The molecule has 0 aliphatic carbocycles. The Morgan fingerprint density at radius 1 is 1.50 bits per heavy atom. The number of rotatable bonds is 4. The van der Waals surface area contributed by atoms with E-state index in [-0.39, 0.29) is 5.75 Å². The molecule has 1 aromatic heterocycles. The molecule has 0 fully saturated rings. The number of carboxylic acid groups (broad SMARTS) is 1. The molecule has 0 atom stereocenters. The summed E-state index contributed by atoms with van der Waals surface area (Å²) in [7, 11) is -3.75. The maximum atomic E-state index is 11.9. The predicted octanol–water partition coefficient (Wildman–Crippen LogP) is 2.18. The fraction of sp³-hybridized carbons (Fsp3) is 0.444. The third kappa shape index (κ3) is 2.56. The van der Waals surface area contributed by atoms with Gasteiger partial charge in [-0.15, -0.1) is 11.3 Å². The molecule has 16 heavy (non-hydrogen) atoms. The van der Waals surface area contributed by atoms with E-state index >= 15 is 0 Å². The minimum Gasteiger partial charge on any atom is -0.480 e. The summed E-state index contributed by atoms with van der Waals surface area (Å²) in [5.41, 5.74) is 0. The number of hydrogen-bond acceptors (Lipinski definition) is 4. The summed E-state index contributed by atoms with van der Waals surface area (Å²) in [5.74, 6) is -1.65. The first kappa shape index (κ1) is 13.5. The fourth-order valence-corrected chi connectivity index (χ4v) is 3.61. The third-order valence-electron chi connectivity index (χ3n) is 2.25.